The SMILES string of the molecule is CNCC1CCN(C(=O)Cn2nc3ccccn3c2=O)CC1.Cl. The van der Waals surface area contributed by atoms with Crippen LogP contribution in [-0.4, -0.2) is 51.7 Å². The van der Waals surface area contributed by atoms with Crippen molar-refractivity contribution in [2.24, 2.45) is 5.92 Å². The number of carbonyl (C=O) groups is 1. The van der Waals surface area contributed by atoms with Crippen LogP contribution >= 0.6 is 12.4 Å². The predicted octanol–water partition coefficient (Wildman–Crippen LogP) is 0.376. The van der Waals surface area contributed by atoms with E-state index in [1.807, 2.05) is 18.0 Å². The molecule has 1 N–H and O–H groups in total. The summed E-state index contributed by atoms with van der Waals surface area (Å²) in [6, 6.07) is 5.35. The number of hydrogen-bond donors (Lipinski definition) is 1. The molecule has 1 aliphatic heterocycles. The minimum Gasteiger partial charge on any atom is -0.341 e. The summed E-state index contributed by atoms with van der Waals surface area (Å²) in [5.41, 5.74) is 0.294. The van der Waals surface area contributed by atoms with E-state index < -0.39 is 0 Å². The van der Waals surface area contributed by atoms with Crippen molar-refractivity contribution in [3.63, 3.8) is 0 Å². The third-order valence-electron chi connectivity index (χ3n) is 4.23. The van der Waals surface area contributed by atoms with Gasteiger partial charge < -0.3 is 10.2 Å². The van der Waals surface area contributed by atoms with Crippen molar-refractivity contribution in [2.75, 3.05) is 26.7 Å². The fourth-order valence-electron chi connectivity index (χ4n) is 2.97. The van der Waals surface area contributed by atoms with E-state index in [1.54, 1.807) is 18.3 Å². The normalized spacial score (nSPS) is 15.6. The van der Waals surface area contributed by atoms with E-state index in [9.17, 15) is 9.59 Å². The number of fused-ring (bicyclic) bond motifs is 1. The Morgan fingerprint density at radius 3 is 2.74 bits per heavy atom. The molecule has 8 heteroatoms. The molecule has 126 valence electrons. The van der Waals surface area contributed by atoms with Crippen molar-refractivity contribution in [3.05, 3.63) is 34.9 Å². The second kappa shape index (κ2) is 7.61. The first-order chi connectivity index (χ1) is 10.7. The molecule has 1 fully saturated rings. The highest BCUT2D eigenvalue weighted by molar-refractivity contribution is 5.85. The van der Waals surface area contributed by atoms with Crippen molar-refractivity contribution in [1.29, 1.82) is 0 Å². The molecule has 7 nitrogen and oxygen atoms in total. The topological polar surface area (TPSA) is 71.6 Å². The first-order valence-corrected chi connectivity index (χ1v) is 7.65. The van der Waals surface area contributed by atoms with Gasteiger partial charge in [-0.05, 0) is 44.5 Å². The Kier molecular flexibility index (Phi) is 5.79. The van der Waals surface area contributed by atoms with Crippen LogP contribution in [0.2, 0.25) is 0 Å². The lowest BCUT2D eigenvalue weighted by Crippen LogP contribution is -2.43. The first-order valence-electron chi connectivity index (χ1n) is 7.65. The van der Waals surface area contributed by atoms with E-state index >= 15 is 0 Å². The van der Waals surface area contributed by atoms with E-state index in [2.05, 4.69) is 10.4 Å². The van der Waals surface area contributed by atoms with Gasteiger partial charge in [-0.15, -0.1) is 17.5 Å². The lowest BCUT2D eigenvalue weighted by atomic mass is 9.97. The maximum absolute atomic E-state index is 12.4. The summed E-state index contributed by atoms with van der Waals surface area (Å²) in [5.74, 6) is 0.598. The molecular weight excluding hydrogens is 318 g/mol. The van der Waals surface area contributed by atoms with Crippen molar-refractivity contribution in [2.45, 2.75) is 19.4 Å². The van der Waals surface area contributed by atoms with Crippen LogP contribution in [0, 0.1) is 5.92 Å². The van der Waals surface area contributed by atoms with Gasteiger partial charge >= 0.3 is 5.69 Å². The Hall–Kier alpha value is -1.86. The number of nitrogens with one attached hydrogen (secondary N) is 1. The monoisotopic (exact) mass is 339 g/mol. The molecule has 2 aromatic heterocycles. The highest BCUT2D eigenvalue weighted by Crippen LogP contribution is 2.16. The van der Waals surface area contributed by atoms with Crippen LogP contribution in [0.4, 0.5) is 0 Å². The fraction of sp³-hybridized carbons (Fsp3) is 0.533. The maximum atomic E-state index is 12.4. The zero-order chi connectivity index (χ0) is 15.5. The molecule has 23 heavy (non-hydrogen) atoms. The summed E-state index contributed by atoms with van der Waals surface area (Å²) in [7, 11) is 1.95. The molecule has 0 unspecified atom stereocenters. The minimum absolute atomic E-state index is 0. The molecule has 1 saturated heterocycles. The number of hydrogen-bond acceptors (Lipinski definition) is 4. The van der Waals surface area contributed by atoms with Crippen molar-refractivity contribution in [3.8, 4) is 0 Å². The van der Waals surface area contributed by atoms with Gasteiger partial charge in [0.2, 0.25) is 5.91 Å². The molecule has 0 radical (unpaired) electrons. The summed E-state index contributed by atoms with van der Waals surface area (Å²) in [6.45, 7) is 2.52. The zero-order valence-corrected chi connectivity index (χ0v) is 14.0. The number of halogens is 1. The molecule has 1 aliphatic rings. The summed E-state index contributed by atoms with van der Waals surface area (Å²) in [5, 5.41) is 7.38. The smallest absolute Gasteiger partial charge is 0.341 e. The Bertz CT molecular complexity index is 718. The average molecular weight is 340 g/mol. The molecule has 0 aliphatic carbocycles. The quantitative estimate of drug-likeness (QED) is 0.874. The number of amides is 1. The third kappa shape index (κ3) is 3.73. The Morgan fingerprint density at radius 1 is 1.35 bits per heavy atom. The Morgan fingerprint density at radius 2 is 2.09 bits per heavy atom. The lowest BCUT2D eigenvalue weighted by Gasteiger charge is -2.31. The van der Waals surface area contributed by atoms with Gasteiger partial charge in [0, 0.05) is 19.3 Å². The molecule has 3 rings (SSSR count). The van der Waals surface area contributed by atoms with Crippen LogP contribution in [0.3, 0.4) is 0 Å². The van der Waals surface area contributed by atoms with Crippen LogP contribution in [0.25, 0.3) is 5.65 Å². The van der Waals surface area contributed by atoms with Gasteiger partial charge in [-0.25, -0.2) is 9.48 Å². The van der Waals surface area contributed by atoms with E-state index in [1.165, 1.54) is 9.08 Å². The number of nitrogens with zero attached hydrogens (tertiary/aromatic N) is 4. The second-order valence-electron chi connectivity index (χ2n) is 5.75. The fourth-order valence-corrected chi connectivity index (χ4v) is 2.97. The van der Waals surface area contributed by atoms with Gasteiger partial charge in [0.1, 0.15) is 6.54 Å². The summed E-state index contributed by atoms with van der Waals surface area (Å²) in [6.07, 6.45) is 3.67. The highest BCUT2D eigenvalue weighted by atomic mass is 35.5. The second-order valence-corrected chi connectivity index (χ2v) is 5.75. The van der Waals surface area contributed by atoms with Gasteiger partial charge in [-0.2, -0.15) is 0 Å². The van der Waals surface area contributed by atoms with Crippen molar-refractivity contribution in [1.82, 2.24) is 24.4 Å². The van der Waals surface area contributed by atoms with Gasteiger partial charge in [0.15, 0.2) is 5.65 Å². The van der Waals surface area contributed by atoms with Crippen LogP contribution in [-0.2, 0) is 11.3 Å². The zero-order valence-electron chi connectivity index (χ0n) is 13.1. The average Bonchev–Trinajstić information content (AvgIpc) is 2.85. The van der Waals surface area contributed by atoms with Crippen molar-refractivity contribution < 1.29 is 4.79 Å². The van der Waals surface area contributed by atoms with Crippen molar-refractivity contribution >= 4 is 24.0 Å². The number of likely N-dealkylation sites (tertiary alicyclic amines) is 1. The summed E-state index contributed by atoms with van der Waals surface area (Å²) >= 11 is 0. The third-order valence-corrected chi connectivity index (χ3v) is 4.23. The molecular formula is C15H22ClN5O2. The number of pyridine rings is 1. The molecule has 1 amide bonds. The minimum atomic E-state index is -0.269. The summed E-state index contributed by atoms with van der Waals surface area (Å²) < 4.78 is 2.70. The van der Waals surface area contributed by atoms with Crippen LogP contribution < -0.4 is 11.0 Å². The van der Waals surface area contributed by atoms with Gasteiger partial charge in [0.05, 0.1) is 0 Å². The predicted molar refractivity (Wildman–Crippen MR) is 89.9 cm³/mol. The van der Waals surface area contributed by atoms with Crippen LogP contribution in [0.5, 0.6) is 0 Å². The first kappa shape index (κ1) is 17.5. The van der Waals surface area contributed by atoms with Crippen LogP contribution in [0.1, 0.15) is 12.8 Å². The van der Waals surface area contributed by atoms with Crippen LogP contribution in [0.15, 0.2) is 29.2 Å². The van der Waals surface area contributed by atoms with E-state index in [-0.39, 0.29) is 30.5 Å². The molecule has 0 saturated carbocycles. The Balaban J connectivity index is 0.00000192. The molecule has 3 heterocycles. The van der Waals surface area contributed by atoms with Gasteiger partial charge in [0.25, 0.3) is 0 Å². The highest BCUT2D eigenvalue weighted by Gasteiger charge is 2.23. The molecule has 2 aromatic rings. The molecule has 0 atom stereocenters. The summed E-state index contributed by atoms with van der Waals surface area (Å²) in [4.78, 5) is 26.4. The number of aromatic nitrogens is 3. The maximum Gasteiger partial charge on any atom is 0.350 e. The molecule has 0 aromatic carbocycles. The lowest BCUT2D eigenvalue weighted by molar-refractivity contribution is -0.133. The largest absolute Gasteiger partial charge is 0.350 e. The van der Waals surface area contributed by atoms with Gasteiger partial charge in [-0.1, -0.05) is 6.07 Å². The number of rotatable bonds is 4. The van der Waals surface area contributed by atoms with E-state index in [0.717, 1.165) is 32.5 Å². The van der Waals surface area contributed by atoms with E-state index in [0.29, 0.717) is 11.6 Å². The Labute approximate surface area is 140 Å². The number of carbonyl (C=O) groups excluding carboxylic acids is 1. The van der Waals surface area contributed by atoms with E-state index in [4.69, 9.17) is 0 Å². The van der Waals surface area contributed by atoms with Gasteiger partial charge in [-0.3, -0.25) is 9.20 Å². The molecule has 0 spiro atoms. The molecule has 0 bridgehead atoms. The standard InChI is InChI=1S/C15H21N5O2.ClH/c1-16-10-12-5-8-18(9-6-12)14(21)11-20-15(22)19-7-3-2-4-13(19)17-20;/h2-4,7,12,16H,5-6,8-11H2,1H3;1H. The number of piperidine rings is 1.